The molecule has 2 N–H and O–H groups in total. The molecule has 0 aliphatic heterocycles. The third-order valence-corrected chi connectivity index (χ3v) is 3.63. The fourth-order valence-corrected chi connectivity index (χ4v) is 2.42. The maximum atomic E-state index is 12.0. The van der Waals surface area contributed by atoms with E-state index in [1.54, 1.807) is 0 Å². The molecule has 2 rings (SSSR count). The number of carbonyl (C=O) groups excluding carboxylic acids is 1. The molecule has 1 aromatic heterocycles. The first-order chi connectivity index (χ1) is 8.16. The molecule has 1 amide bonds. The van der Waals surface area contributed by atoms with E-state index in [1.807, 2.05) is 30.4 Å². The van der Waals surface area contributed by atoms with Crippen LogP contribution in [0.3, 0.4) is 0 Å². The van der Waals surface area contributed by atoms with E-state index in [1.165, 1.54) is 0 Å². The molecule has 17 heavy (non-hydrogen) atoms. The van der Waals surface area contributed by atoms with Crippen LogP contribution in [0.15, 0.2) is 18.5 Å². The van der Waals surface area contributed by atoms with Gasteiger partial charge in [-0.1, -0.05) is 0 Å². The zero-order valence-electron chi connectivity index (χ0n) is 10.2. The molecule has 1 saturated carbocycles. The lowest BCUT2D eigenvalue weighted by Crippen LogP contribution is -2.40. The fraction of sp³-hybridized carbons (Fsp3) is 0.615. The molecule has 94 valence electrons. The lowest BCUT2D eigenvalue weighted by molar-refractivity contribution is -0.132. The molecule has 1 aliphatic rings. The number of nitrogens with zero attached hydrogens (tertiary/aromatic N) is 1. The molecule has 0 saturated heterocycles. The number of carbonyl (C=O) groups is 1. The predicted octanol–water partition coefficient (Wildman–Crippen LogP) is 1.32. The summed E-state index contributed by atoms with van der Waals surface area (Å²) in [5.74, 6) is 0.158. The number of hydrogen-bond acceptors (Lipinski definition) is 2. The van der Waals surface area contributed by atoms with E-state index in [0.717, 1.165) is 31.2 Å². The smallest absolute Gasteiger partial charge is 0.227 e. The molecule has 1 aliphatic carbocycles. The highest BCUT2D eigenvalue weighted by Gasteiger charge is 2.25. The molecule has 0 bridgehead atoms. The fourth-order valence-electron chi connectivity index (χ4n) is 2.42. The Hall–Kier alpha value is -1.29. The first kappa shape index (κ1) is 12.2. The van der Waals surface area contributed by atoms with Crippen LogP contribution in [0.25, 0.3) is 0 Å². The maximum Gasteiger partial charge on any atom is 0.227 e. The van der Waals surface area contributed by atoms with Crippen molar-refractivity contribution in [2.45, 2.75) is 44.2 Å². The maximum absolute atomic E-state index is 12.0. The second-order valence-electron chi connectivity index (χ2n) is 4.86. The van der Waals surface area contributed by atoms with Crippen LogP contribution in [-0.4, -0.2) is 40.1 Å². The van der Waals surface area contributed by atoms with E-state index in [-0.39, 0.29) is 12.0 Å². The summed E-state index contributed by atoms with van der Waals surface area (Å²) in [7, 11) is 1.87. The predicted molar refractivity (Wildman–Crippen MR) is 65.5 cm³/mol. The molecule has 0 aromatic carbocycles. The minimum Gasteiger partial charge on any atom is -0.393 e. The van der Waals surface area contributed by atoms with Crippen LogP contribution in [0.4, 0.5) is 0 Å². The van der Waals surface area contributed by atoms with Crippen molar-refractivity contribution in [1.82, 2.24) is 9.88 Å². The molecule has 1 heterocycles. The van der Waals surface area contributed by atoms with E-state index in [9.17, 15) is 9.90 Å². The SMILES string of the molecule is CN(C(=O)Cc1cc[nH]c1)C1CCC(O)CC1. The van der Waals surface area contributed by atoms with Crippen LogP contribution in [0.1, 0.15) is 31.2 Å². The van der Waals surface area contributed by atoms with E-state index in [4.69, 9.17) is 0 Å². The van der Waals surface area contributed by atoms with Gasteiger partial charge in [0.25, 0.3) is 0 Å². The van der Waals surface area contributed by atoms with Crippen LogP contribution >= 0.6 is 0 Å². The number of H-pyrrole nitrogens is 1. The number of rotatable bonds is 3. The van der Waals surface area contributed by atoms with Crippen molar-refractivity contribution < 1.29 is 9.90 Å². The summed E-state index contributed by atoms with van der Waals surface area (Å²) < 4.78 is 0. The summed E-state index contributed by atoms with van der Waals surface area (Å²) >= 11 is 0. The second kappa shape index (κ2) is 5.36. The Morgan fingerprint density at radius 3 is 2.76 bits per heavy atom. The molecule has 1 aromatic rings. The lowest BCUT2D eigenvalue weighted by atomic mass is 9.92. The van der Waals surface area contributed by atoms with Gasteiger partial charge in [-0.25, -0.2) is 0 Å². The topological polar surface area (TPSA) is 56.3 Å². The van der Waals surface area contributed by atoms with Crippen LogP contribution in [0.2, 0.25) is 0 Å². The zero-order chi connectivity index (χ0) is 12.3. The molecule has 0 spiro atoms. The third-order valence-electron chi connectivity index (χ3n) is 3.63. The van der Waals surface area contributed by atoms with Gasteiger partial charge in [-0.15, -0.1) is 0 Å². The van der Waals surface area contributed by atoms with Crippen LogP contribution < -0.4 is 0 Å². The van der Waals surface area contributed by atoms with E-state index in [2.05, 4.69) is 4.98 Å². The number of aliphatic hydroxyl groups is 1. The van der Waals surface area contributed by atoms with Gasteiger partial charge in [-0.05, 0) is 37.3 Å². The van der Waals surface area contributed by atoms with Gasteiger partial charge in [-0.3, -0.25) is 4.79 Å². The Morgan fingerprint density at radius 1 is 1.47 bits per heavy atom. The summed E-state index contributed by atoms with van der Waals surface area (Å²) in [5, 5.41) is 9.45. The molecular formula is C13H20N2O2. The monoisotopic (exact) mass is 236 g/mol. The van der Waals surface area contributed by atoms with Gasteiger partial charge in [0.2, 0.25) is 5.91 Å². The largest absolute Gasteiger partial charge is 0.393 e. The van der Waals surface area contributed by atoms with Gasteiger partial charge >= 0.3 is 0 Å². The summed E-state index contributed by atoms with van der Waals surface area (Å²) in [6.07, 6.45) is 7.43. The van der Waals surface area contributed by atoms with Crippen molar-refractivity contribution >= 4 is 5.91 Å². The van der Waals surface area contributed by atoms with Crippen LogP contribution in [-0.2, 0) is 11.2 Å². The van der Waals surface area contributed by atoms with Gasteiger partial charge in [-0.2, -0.15) is 0 Å². The number of aromatic nitrogens is 1. The van der Waals surface area contributed by atoms with Crippen molar-refractivity contribution in [3.8, 4) is 0 Å². The van der Waals surface area contributed by atoms with E-state index >= 15 is 0 Å². The summed E-state index contributed by atoms with van der Waals surface area (Å²) in [6, 6.07) is 2.22. The Kier molecular flexibility index (Phi) is 3.84. The van der Waals surface area contributed by atoms with Crippen molar-refractivity contribution in [3.05, 3.63) is 24.0 Å². The average molecular weight is 236 g/mol. The van der Waals surface area contributed by atoms with Gasteiger partial charge in [0.15, 0.2) is 0 Å². The van der Waals surface area contributed by atoms with E-state index in [0.29, 0.717) is 12.5 Å². The van der Waals surface area contributed by atoms with Crippen molar-refractivity contribution in [2.24, 2.45) is 0 Å². The second-order valence-corrected chi connectivity index (χ2v) is 4.86. The van der Waals surface area contributed by atoms with Crippen LogP contribution in [0, 0.1) is 0 Å². The Morgan fingerprint density at radius 2 is 2.18 bits per heavy atom. The van der Waals surface area contributed by atoms with Crippen molar-refractivity contribution in [2.75, 3.05) is 7.05 Å². The normalized spacial score (nSPS) is 24.6. The summed E-state index contributed by atoms with van der Waals surface area (Å²) in [5.41, 5.74) is 1.03. The zero-order valence-corrected chi connectivity index (χ0v) is 10.2. The number of nitrogens with one attached hydrogen (secondary N) is 1. The minimum atomic E-state index is -0.167. The van der Waals surface area contributed by atoms with Crippen molar-refractivity contribution in [1.29, 1.82) is 0 Å². The highest BCUT2D eigenvalue weighted by molar-refractivity contribution is 5.78. The van der Waals surface area contributed by atoms with Gasteiger partial charge in [0.1, 0.15) is 0 Å². The molecular weight excluding hydrogens is 216 g/mol. The Balaban J connectivity index is 1.86. The summed E-state index contributed by atoms with van der Waals surface area (Å²) in [6.45, 7) is 0. The van der Waals surface area contributed by atoms with Gasteiger partial charge in [0, 0.05) is 25.5 Å². The number of amides is 1. The van der Waals surface area contributed by atoms with Crippen molar-refractivity contribution in [3.63, 3.8) is 0 Å². The quantitative estimate of drug-likeness (QED) is 0.831. The standard InChI is InChI=1S/C13H20N2O2/c1-15(11-2-4-12(16)5-3-11)13(17)8-10-6-7-14-9-10/h6-7,9,11-12,14,16H,2-5,8H2,1H3. The molecule has 0 radical (unpaired) electrons. The number of likely N-dealkylation sites (N-methyl/N-ethyl adjacent to an activating group) is 1. The molecule has 0 atom stereocenters. The van der Waals surface area contributed by atoms with Gasteiger partial charge in [0.05, 0.1) is 12.5 Å². The number of hydrogen-bond donors (Lipinski definition) is 2. The number of aliphatic hydroxyl groups excluding tert-OH is 1. The Labute approximate surface area is 102 Å². The summed E-state index contributed by atoms with van der Waals surface area (Å²) in [4.78, 5) is 16.8. The number of aromatic amines is 1. The lowest BCUT2D eigenvalue weighted by Gasteiger charge is -2.33. The third kappa shape index (κ3) is 3.09. The van der Waals surface area contributed by atoms with E-state index < -0.39 is 0 Å². The molecule has 4 heteroatoms. The van der Waals surface area contributed by atoms with Crippen LogP contribution in [0.5, 0.6) is 0 Å². The first-order valence-electron chi connectivity index (χ1n) is 6.22. The molecule has 4 nitrogen and oxygen atoms in total. The molecule has 1 fully saturated rings. The molecule has 0 unspecified atom stereocenters. The van der Waals surface area contributed by atoms with Gasteiger partial charge < -0.3 is 15.0 Å². The average Bonchev–Trinajstić information content (AvgIpc) is 2.82. The Bertz CT molecular complexity index is 354. The first-order valence-corrected chi connectivity index (χ1v) is 6.22. The minimum absolute atomic E-state index is 0.158. The highest BCUT2D eigenvalue weighted by Crippen LogP contribution is 2.22. The highest BCUT2D eigenvalue weighted by atomic mass is 16.3.